The SMILES string of the molecule is C1CCOCCOCCOCC2(COCC1)COC2. The van der Waals surface area contributed by atoms with Crippen LogP contribution in [0, 0.1) is 5.41 Å². The van der Waals surface area contributed by atoms with Gasteiger partial charge in [-0.15, -0.1) is 0 Å². The zero-order valence-corrected chi connectivity index (χ0v) is 11.7. The average molecular weight is 274 g/mol. The van der Waals surface area contributed by atoms with Crippen molar-refractivity contribution >= 4 is 0 Å². The first-order valence-electron chi connectivity index (χ1n) is 7.30. The molecule has 0 saturated carbocycles. The molecule has 0 amide bonds. The van der Waals surface area contributed by atoms with E-state index in [4.69, 9.17) is 23.7 Å². The van der Waals surface area contributed by atoms with Gasteiger partial charge in [0.2, 0.25) is 0 Å². The fourth-order valence-electron chi connectivity index (χ4n) is 2.20. The summed E-state index contributed by atoms with van der Waals surface area (Å²) in [6.45, 7) is 7.17. The van der Waals surface area contributed by atoms with E-state index in [2.05, 4.69) is 0 Å². The first-order chi connectivity index (χ1) is 9.41. The summed E-state index contributed by atoms with van der Waals surface area (Å²) in [7, 11) is 0. The number of ether oxygens (including phenoxy) is 5. The zero-order valence-electron chi connectivity index (χ0n) is 11.7. The highest BCUT2D eigenvalue weighted by Gasteiger charge is 2.39. The van der Waals surface area contributed by atoms with Crippen LogP contribution in [-0.4, -0.2) is 66.1 Å². The summed E-state index contributed by atoms with van der Waals surface area (Å²) in [5.74, 6) is 0. The molecule has 0 atom stereocenters. The molecule has 2 heterocycles. The van der Waals surface area contributed by atoms with Crippen LogP contribution in [0.1, 0.15) is 19.3 Å². The Labute approximate surface area is 115 Å². The maximum atomic E-state index is 5.76. The van der Waals surface area contributed by atoms with E-state index in [1.807, 2.05) is 0 Å². The summed E-state index contributed by atoms with van der Waals surface area (Å²) in [6.07, 6.45) is 3.35. The van der Waals surface area contributed by atoms with E-state index in [-0.39, 0.29) is 5.41 Å². The molecule has 0 aromatic carbocycles. The highest BCUT2D eigenvalue weighted by Crippen LogP contribution is 2.28. The molecule has 19 heavy (non-hydrogen) atoms. The summed E-state index contributed by atoms with van der Waals surface area (Å²) >= 11 is 0. The van der Waals surface area contributed by atoms with Crippen molar-refractivity contribution in [3.63, 3.8) is 0 Å². The number of hydrogen-bond donors (Lipinski definition) is 0. The third-order valence-electron chi connectivity index (χ3n) is 3.45. The van der Waals surface area contributed by atoms with Gasteiger partial charge in [-0.1, -0.05) is 0 Å². The van der Waals surface area contributed by atoms with E-state index < -0.39 is 0 Å². The summed E-state index contributed by atoms with van der Waals surface area (Å²) < 4.78 is 27.7. The summed E-state index contributed by atoms with van der Waals surface area (Å²) in [5, 5.41) is 0. The second-order valence-electron chi connectivity index (χ2n) is 5.38. The maximum absolute atomic E-state index is 5.76. The molecule has 5 heteroatoms. The Hall–Kier alpha value is -0.200. The van der Waals surface area contributed by atoms with Crippen LogP contribution in [0.25, 0.3) is 0 Å². The van der Waals surface area contributed by atoms with Gasteiger partial charge in [0.05, 0.1) is 58.3 Å². The molecule has 112 valence electrons. The molecule has 0 aliphatic carbocycles. The molecule has 2 aliphatic heterocycles. The average Bonchev–Trinajstić information content (AvgIpc) is 2.37. The Morgan fingerprint density at radius 3 is 1.53 bits per heavy atom. The highest BCUT2D eigenvalue weighted by molar-refractivity contribution is 4.85. The summed E-state index contributed by atoms with van der Waals surface area (Å²) in [4.78, 5) is 0. The molecule has 2 saturated heterocycles. The van der Waals surface area contributed by atoms with Gasteiger partial charge in [0.1, 0.15) is 0 Å². The van der Waals surface area contributed by atoms with E-state index in [1.165, 1.54) is 0 Å². The van der Waals surface area contributed by atoms with Gasteiger partial charge in [-0.2, -0.15) is 0 Å². The first kappa shape index (κ1) is 15.2. The largest absolute Gasteiger partial charge is 0.381 e. The Bertz CT molecular complexity index is 212. The van der Waals surface area contributed by atoms with Crippen LogP contribution in [0.15, 0.2) is 0 Å². The summed E-state index contributed by atoms with van der Waals surface area (Å²) in [6, 6.07) is 0. The molecule has 0 bridgehead atoms. The van der Waals surface area contributed by atoms with Crippen molar-refractivity contribution in [2.75, 3.05) is 66.1 Å². The lowest BCUT2D eigenvalue weighted by atomic mass is 9.88. The van der Waals surface area contributed by atoms with Crippen LogP contribution in [0.5, 0.6) is 0 Å². The molecule has 1 spiro atoms. The zero-order chi connectivity index (χ0) is 13.2. The first-order valence-corrected chi connectivity index (χ1v) is 7.30. The van der Waals surface area contributed by atoms with Crippen molar-refractivity contribution < 1.29 is 23.7 Å². The van der Waals surface area contributed by atoms with E-state index in [1.54, 1.807) is 0 Å². The normalized spacial score (nSPS) is 27.8. The topological polar surface area (TPSA) is 46.2 Å². The van der Waals surface area contributed by atoms with Gasteiger partial charge < -0.3 is 23.7 Å². The molecule has 2 rings (SSSR count). The van der Waals surface area contributed by atoms with Crippen molar-refractivity contribution in [3.05, 3.63) is 0 Å². The van der Waals surface area contributed by atoms with Gasteiger partial charge in [-0.3, -0.25) is 0 Å². The molecule has 0 aromatic rings. The van der Waals surface area contributed by atoms with E-state index >= 15 is 0 Å². The van der Waals surface area contributed by atoms with Crippen LogP contribution in [0.4, 0.5) is 0 Å². The minimum absolute atomic E-state index is 0.0835. The van der Waals surface area contributed by atoms with Crippen LogP contribution in [0.3, 0.4) is 0 Å². The number of rotatable bonds is 0. The monoisotopic (exact) mass is 274 g/mol. The van der Waals surface area contributed by atoms with E-state index in [9.17, 15) is 0 Å². The lowest BCUT2D eigenvalue weighted by Gasteiger charge is -2.40. The molecule has 2 aliphatic rings. The maximum Gasteiger partial charge on any atom is 0.0701 e. The minimum atomic E-state index is 0.0835. The summed E-state index contributed by atoms with van der Waals surface area (Å²) in [5.41, 5.74) is 0.0835. The second kappa shape index (κ2) is 8.87. The highest BCUT2D eigenvalue weighted by atomic mass is 16.6. The fourth-order valence-corrected chi connectivity index (χ4v) is 2.20. The van der Waals surface area contributed by atoms with Crippen molar-refractivity contribution in [3.8, 4) is 0 Å². The Kier molecular flexibility index (Phi) is 7.09. The molecule has 5 nitrogen and oxygen atoms in total. The van der Waals surface area contributed by atoms with Gasteiger partial charge in [-0.05, 0) is 19.3 Å². The predicted molar refractivity (Wildman–Crippen MR) is 70.4 cm³/mol. The lowest BCUT2D eigenvalue weighted by Crippen LogP contribution is -2.50. The van der Waals surface area contributed by atoms with Gasteiger partial charge in [0.25, 0.3) is 0 Å². The van der Waals surface area contributed by atoms with Gasteiger partial charge in [-0.25, -0.2) is 0 Å². The quantitative estimate of drug-likeness (QED) is 0.665. The van der Waals surface area contributed by atoms with Crippen molar-refractivity contribution in [1.82, 2.24) is 0 Å². The number of hydrogen-bond acceptors (Lipinski definition) is 5. The van der Waals surface area contributed by atoms with Crippen LogP contribution >= 0.6 is 0 Å². The lowest BCUT2D eigenvalue weighted by molar-refractivity contribution is -0.180. The standard InChI is InChI=1S/C14H26O5/c1-2-4-15-6-7-16-8-9-18-11-14(12-19-13-14)10-17-5-3-1/h1-13H2. The molecule has 0 aromatic heterocycles. The predicted octanol–water partition coefficient (Wildman–Crippen LogP) is 1.25. The van der Waals surface area contributed by atoms with E-state index in [0.29, 0.717) is 33.0 Å². The molecule has 0 N–H and O–H groups in total. The second-order valence-corrected chi connectivity index (χ2v) is 5.38. The third-order valence-corrected chi connectivity index (χ3v) is 3.45. The minimum Gasteiger partial charge on any atom is -0.381 e. The van der Waals surface area contributed by atoms with Crippen molar-refractivity contribution in [2.45, 2.75) is 19.3 Å². The van der Waals surface area contributed by atoms with Crippen molar-refractivity contribution in [1.29, 1.82) is 0 Å². The van der Waals surface area contributed by atoms with E-state index in [0.717, 1.165) is 52.3 Å². The third kappa shape index (κ3) is 5.75. The Morgan fingerprint density at radius 2 is 0.895 bits per heavy atom. The van der Waals surface area contributed by atoms with Gasteiger partial charge in [0.15, 0.2) is 0 Å². The molecule has 0 unspecified atom stereocenters. The van der Waals surface area contributed by atoms with Crippen LogP contribution in [-0.2, 0) is 23.7 Å². The van der Waals surface area contributed by atoms with Crippen LogP contribution in [0.2, 0.25) is 0 Å². The molecular weight excluding hydrogens is 248 g/mol. The van der Waals surface area contributed by atoms with Crippen molar-refractivity contribution in [2.24, 2.45) is 5.41 Å². The molecule has 2 fully saturated rings. The Balaban J connectivity index is 1.67. The van der Waals surface area contributed by atoms with Gasteiger partial charge >= 0.3 is 0 Å². The molecule has 0 radical (unpaired) electrons. The molecular formula is C14H26O5. The smallest absolute Gasteiger partial charge is 0.0701 e. The fraction of sp³-hybridized carbons (Fsp3) is 1.00. The van der Waals surface area contributed by atoms with Gasteiger partial charge in [0, 0.05) is 13.2 Å². The Morgan fingerprint density at radius 1 is 0.421 bits per heavy atom. The van der Waals surface area contributed by atoms with Crippen LogP contribution < -0.4 is 0 Å².